The van der Waals surface area contributed by atoms with Crippen LogP contribution in [0.4, 0.5) is 10.6 Å². The van der Waals surface area contributed by atoms with Crippen molar-refractivity contribution < 1.29 is 14.3 Å². The van der Waals surface area contributed by atoms with Gasteiger partial charge in [-0.1, -0.05) is 29.8 Å². The number of rotatable bonds is 6. The highest BCUT2D eigenvalue weighted by Gasteiger charge is 2.28. The van der Waals surface area contributed by atoms with Crippen LogP contribution in [0.2, 0.25) is 5.15 Å². The number of amides is 1. The first-order valence-corrected chi connectivity index (χ1v) is 12.3. The van der Waals surface area contributed by atoms with Crippen LogP contribution < -0.4 is 5.73 Å². The number of benzene rings is 1. The largest absolute Gasteiger partial charge is 0.444 e. The van der Waals surface area contributed by atoms with Crippen LogP contribution in [-0.2, 0) is 17.7 Å². The van der Waals surface area contributed by atoms with Gasteiger partial charge in [-0.2, -0.15) is 5.10 Å². The van der Waals surface area contributed by atoms with Crippen LogP contribution in [0, 0.1) is 5.92 Å². The number of hydrogen-bond donors (Lipinski definition) is 1. The number of halogens is 1. The second-order valence-corrected chi connectivity index (χ2v) is 10.5. The first kappa shape index (κ1) is 25.0. The number of piperidine rings is 1. The number of likely N-dealkylation sites (tertiary alicyclic amines) is 1. The van der Waals surface area contributed by atoms with E-state index in [1.54, 1.807) is 21.8 Å². The normalized spacial score (nSPS) is 14.9. The van der Waals surface area contributed by atoms with Crippen LogP contribution in [-0.4, -0.2) is 50.2 Å². The molecule has 1 fully saturated rings. The van der Waals surface area contributed by atoms with E-state index >= 15 is 0 Å². The van der Waals surface area contributed by atoms with Crippen molar-refractivity contribution >= 4 is 40.1 Å². The van der Waals surface area contributed by atoms with E-state index in [0.29, 0.717) is 55.1 Å². The predicted octanol–water partition coefficient (Wildman–Crippen LogP) is 5.13. The van der Waals surface area contributed by atoms with Crippen molar-refractivity contribution in [3.05, 3.63) is 52.9 Å². The van der Waals surface area contributed by atoms with Crippen LogP contribution >= 0.6 is 11.6 Å². The SMILES string of the molecule is CC(C)(C)OC(=O)N1CCC(Cn2nc(Cl)cc2C(=O)CCc2ccc3c(N)nccc3c2)CC1. The van der Waals surface area contributed by atoms with Gasteiger partial charge in [-0.3, -0.25) is 9.48 Å². The van der Waals surface area contributed by atoms with Gasteiger partial charge >= 0.3 is 6.09 Å². The summed E-state index contributed by atoms with van der Waals surface area (Å²) in [4.78, 5) is 31.2. The van der Waals surface area contributed by atoms with E-state index in [2.05, 4.69) is 10.1 Å². The average Bonchev–Trinajstić information content (AvgIpc) is 3.17. The summed E-state index contributed by atoms with van der Waals surface area (Å²) in [7, 11) is 0. The number of carbonyl (C=O) groups is 2. The lowest BCUT2D eigenvalue weighted by molar-refractivity contribution is 0.0177. The van der Waals surface area contributed by atoms with Crippen LogP contribution in [0.3, 0.4) is 0 Å². The smallest absolute Gasteiger partial charge is 0.410 e. The highest BCUT2D eigenvalue weighted by Crippen LogP contribution is 2.24. The van der Waals surface area contributed by atoms with Gasteiger partial charge in [0.2, 0.25) is 0 Å². The summed E-state index contributed by atoms with van der Waals surface area (Å²) in [5.41, 5.74) is 7.01. The van der Waals surface area contributed by atoms with Crippen molar-refractivity contribution in [1.82, 2.24) is 19.7 Å². The number of hydrogen-bond acceptors (Lipinski definition) is 6. The number of ether oxygens (including phenoxy) is 1. The molecule has 4 rings (SSSR count). The lowest BCUT2D eigenvalue weighted by Crippen LogP contribution is -2.42. The summed E-state index contributed by atoms with van der Waals surface area (Å²) >= 11 is 6.18. The molecule has 2 aromatic heterocycles. The van der Waals surface area contributed by atoms with Crippen LogP contribution in [0.15, 0.2) is 36.5 Å². The number of nitrogens with zero attached hydrogens (tertiary/aromatic N) is 4. The second kappa shape index (κ2) is 10.2. The summed E-state index contributed by atoms with van der Waals surface area (Å²) in [5, 5.41) is 6.60. The highest BCUT2D eigenvalue weighted by atomic mass is 35.5. The van der Waals surface area contributed by atoms with Gasteiger partial charge < -0.3 is 15.4 Å². The third kappa shape index (κ3) is 6.31. The van der Waals surface area contributed by atoms with Crippen molar-refractivity contribution in [2.45, 2.75) is 58.6 Å². The van der Waals surface area contributed by atoms with Crippen molar-refractivity contribution in [2.75, 3.05) is 18.8 Å². The van der Waals surface area contributed by atoms with Crippen molar-refractivity contribution in [1.29, 1.82) is 0 Å². The fourth-order valence-corrected chi connectivity index (χ4v) is 4.60. The number of ketones is 1. The average molecular weight is 498 g/mol. The minimum atomic E-state index is -0.508. The fraction of sp³-hybridized carbons (Fsp3) is 0.462. The molecule has 0 atom stereocenters. The zero-order valence-corrected chi connectivity index (χ0v) is 21.2. The number of aryl methyl sites for hydroxylation is 1. The maximum Gasteiger partial charge on any atom is 0.410 e. The lowest BCUT2D eigenvalue weighted by atomic mass is 9.97. The minimum absolute atomic E-state index is 0.00456. The Hall–Kier alpha value is -3.13. The van der Waals surface area contributed by atoms with E-state index in [1.807, 2.05) is 45.0 Å². The molecular formula is C26H32ClN5O3. The summed E-state index contributed by atoms with van der Waals surface area (Å²) in [6, 6.07) is 9.54. The van der Waals surface area contributed by atoms with Gasteiger partial charge in [0.15, 0.2) is 10.9 Å². The third-order valence-electron chi connectivity index (χ3n) is 6.23. The molecule has 9 heteroatoms. The molecular weight excluding hydrogens is 466 g/mol. The molecule has 0 saturated carbocycles. The number of fused-ring (bicyclic) bond motifs is 1. The number of nitrogen functional groups attached to an aromatic ring is 1. The van der Waals surface area contributed by atoms with Gasteiger partial charge in [-0.05, 0) is 63.0 Å². The van der Waals surface area contributed by atoms with E-state index in [9.17, 15) is 9.59 Å². The van der Waals surface area contributed by atoms with Crippen LogP contribution in [0.25, 0.3) is 10.8 Å². The molecule has 0 radical (unpaired) electrons. The van der Waals surface area contributed by atoms with Gasteiger partial charge in [0, 0.05) is 43.7 Å². The van der Waals surface area contributed by atoms with E-state index in [4.69, 9.17) is 22.1 Å². The molecule has 0 aliphatic carbocycles. The summed E-state index contributed by atoms with van der Waals surface area (Å²) in [6.45, 7) is 7.44. The van der Waals surface area contributed by atoms with Gasteiger partial charge in [0.25, 0.3) is 0 Å². The Morgan fingerprint density at radius 2 is 1.91 bits per heavy atom. The van der Waals surface area contributed by atoms with E-state index < -0.39 is 5.60 Å². The molecule has 1 aromatic carbocycles. The molecule has 1 saturated heterocycles. The zero-order valence-electron chi connectivity index (χ0n) is 20.5. The minimum Gasteiger partial charge on any atom is -0.444 e. The molecule has 0 unspecified atom stereocenters. The first-order valence-electron chi connectivity index (χ1n) is 12.0. The number of nitrogens with two attached hydrogens (primary N) is 1. The quantitative estimate of drug-likeness (QED) is 0.473. The molecule has 0 bridgehead atoms. The van der Waals surface area contributed by atoms with E-state index in [0.717, 1.165) is 29.2 Å². The van der Waals surface area contributed by atoms with Gasteiger partial charge in [0.05, 0.1) is 0 Å². The monoisotopic (exact) mass is 497 g/mol. The first-order chi connectivity index (χ1) is 16.6. The summed E-state index contributed by atoms with van der Waals surface area (Å²) in [5.74, 6) is 0.807. The standard InChI is InChI=1S/C26H32ClN5O3/c1-26(2,3)35-25(34)31-12-9-18(10-13-31)16-32-21(15-23(27)30-32)22(33)7-5-17-4-6-20-19(14-17)8-11-29-24(20)28/h4,6,8,11,14-15,18H,5,7,9-10,12-13,16H2,1-3H3,(H2,28,29). The van der Waals surface area contributed by atoms with Crippen molar-refractivity contribution in [3.63, 3.8) is 0 Å². The topological polar surface area (TPSA) is 103 Å². The molecule has 2 N–H and O–H groups in total. The van der Waals surface area contributed by atoms with Crippen molar-refractivity contribution in [3.8, 4) is 0 Å². The molecule has 1 amide bonds. The van der Waals surface area contributed by atoms with Crippen LogP contribution in [0.5, 0.6) is 0 Å². The Kier molecular flexibility index (Phi) is 7.31. The predicted molar refractivity (Wildman–Crippen MR) is 137 cm³/mol. The second-order valence-electron chi connectivity index (χ2n) is 10.1. The molecule has 3 heterocycles. The number of anilines is 1. The third-order valence-corrected chi connectivity index (χ3v) is 6.42. The maximum absolute atomic E-state index is 13.1. The number of carbonyl (C=O) groups excluding carboxylic acids is 2. The molecule has 3 aromatic rings. The van der Waals surface area contributed by atoms with Crippen molar-refractivity contribution in [2.24, 2.45) is 5.92 Å². The molecule has 0 spiro atoms. The Morgan fingerprint density at radius 1 is 1.17 bits per heavy atom. The Labute approximate surface area is 210 Å². The molecule has 8 nitrogen and oxygen atoms in total. The molecule has 186 valence electrons. The molecule has 1 aliphatic rings. The number of Topliss-reactive ketones (excluding diaryl/α,β-unsaturated/α-hetero) is 1. The zero-order chi connectivity index (χ0) is 25.2. The van der Waals surface area contributed by atoms with Crippen LogP contribution in [0.1, 0.15) is 56.1 Å². The molecule has 35 heavy (non-hydrogen) atoms. The Bertz CT molecular complexity index is 1230. The Morgan fingerprint density at radius 3 is 2.63 bits per heavy atom. The van der Waals surface area contributed by atoms with Gasteiger partial charge in [0.1, 0.15) is 17.1 Å². The Balaban J connectivity index is 1.35. The lowest BCUT2D eigenvalue weighted by Gasteiger charge is -2.33. The van der Waals surface area contributed by atoms with E-state index in [-0.39, 0.29) is 11.9 Å². The fourth-order valence-electron chi connectivity index (χ4n) is 4.41. The van der Waals surface area contributed by atoms with Gasteiger partial charge in [-0.25, -0.2) is 9.78 Å². The highest BCUT2D eigenvalue weighted by molar-refractivity contribution is 6.29. The van der Waals surface area contributed by atoms with E-state index in [1.165, 1.54) is 0 Å². The number of pyridine rings is 1. The summed E-state index contributed by atoms with van der Waals surface area (Å²) < 4.78 is 7.20. The number of aromatic nitrogens is 3. The maximum atomic E-state index is 13.1. The summed E-state index contributed by atoms with van der Waals surface area (Å²) in [6.07, 6.45) is 4.00. The van der Waals surface area contributed by atoms with Gasteiger partial charge in [-0.15, -0.1) is 0 Å². The molecule has 1 aliphatic heterocycles.